The predicted molar refractivity (Wildman–Crippen MR) is 126 cm³/mol. The molecule has 0 aliphatic rings. The minimum Gasteiger partial charge on any atom is -0.283 e. The Labute approximate surface area is 231 Å². The summed E-state index contributed by atoms with van der Waals surface area (Å²) in [5.74, 6) is 0. The van der Waals surface area contributed by atoms with Crippen LogP contribution in [0.3, 0.4) is 0 Å². The second-order valence-electron chi connectivity index (χ2n) is 7.18. The quantitative estimate of drug-likeness (QED) is 0.0677. The molecule has 0 bridgehead atoms. The van der Waals surface area contributed by atoms with E-state index in [-0.39, 0.29) is 0 Å². The molecule has 0 rings (SSSR count). The third-order valence-corrected chi connectivity index (χ3v) is 16.0. The molecule has 0 amide bonds. The van der Waals surface area contributed by atoms with Crippen molar-refractivity contribution in [1.29, 1.82) is 0 Å². The molecule has 248 valence electrons. The van der Waals surface area contributed by atoms with E-state index < -0.39 is 129 Å². The lowest BCUT2D eigenvalue weighted by atomic mass is 10.4. The van der Waals surface area contributed by atoms with Gasteiger partial charge in [-0.3, -0.25) is 36.4 Å². The fourth-order valence-corrected chi connectivity index (χ4v) is 13.1. The summed E-state index contributed by atoms with van der Waals surface area (Å²) in [4.78, 5) is -2.45. The van der Waals surface area contributed by atoms with Crippen molar-refractivity contribution in [1.82, 2.24) is 9.80 Å². The van der Waals surface area contributed by atoms with Crippen LogP contribution >= 0.6 is 0 Å². The van der Waals surface area contributed by atoms with Gasteiger partial charge in [0.1, 0.15) is 0 Å². The third kappa shape index (κ3) is 11.3. The largest absolute Gasteiger partial charge is 0.298 e. The lowest BCUT2D eigenvalue weighted by Gasteiger charge is -2.33. The maximum Gasteiger partial charge on any atom is 0.298 e. The van der Waals surface area contributed by atoms with Gasteiger partial charge < -0.3 is 0 Å². The van der Waals surface area contributed by atoms with Crippen LogP contribution < -0.4 is 0 Å². The van der Waals surface area contributed by atoms with Crippen molar-refractivity contribution in [3.63, 3.8) is 0 Å². The van der Waals surface area contributed by atoms with E-state index in [4.69, 9.17) is 36.4 Å². The van der Waals surface area contributed by atoms with Crippen LogP contribution in [-0.4, -0.2) is 145 Å². The first kappa shape index (κ1) is 40.2. The first-order chi connectivity index (χ1) is 17.5. The summed E-state index contributed by atoms with van der Waals surface area (Å²) in [6.45, 7) is -4.28. The van der Waals surface area contributed by atoms with Crippen molar-refractivity contribution in [2.45, 2.75) is 25.2 Å². The number of hydrogen-bond donors (Lipinski definition) is 8. The van der Waals surface area contributed by atoms with Crippen LogP contribution in [0.25, 0.3) is 0 Å². The molecule has 34 heteroatoms. The molecule has 0 aromatic heterocycles. The summed E-state index contributed by atoms with van der Waals surface area (Å²) in [6, 6.07) is 0. The first-order valence-corrected chi connectivity index (χ1v) is 20.7. The van der Waals surface area contributed by atoms with Gasteiger partial charge in [0, 0.05) is 13.1 Å². The molecule has 0 spiro atoms. The highest BCUT2D eigenvalue weighted by Crippen LogP contribution is 2.26. The van der Waals surface area contributed by atoms with Crippen molar-refractivity contribution in [3.05, 3.63) is 0 Å². The van der Waals surface area contributed by atoms with E-state index in [1.807, 2.05) is 0 Å². The van der Waals surface area contributed by atoms with Gasteiger partial charge in [0.25, 0.3) is 99.8 Å². The van der Waals surface area contributed by atoms with Gasteiger partial charge in [0.2, 0.25) is 0 Å². The van der Waals surface area contributed by atoms with Gasteiger partial charge in [0.15, 0.2) is 0 Å². The van der Waals surface area contributed by atoms with Crippen LogP contribution in [0.2, 0.25) is 0 Å². The van der Waals surface area contributed by atoms with Gasteiger partial charge >= 0.3 is 0 Å². The molecule has 0 fully saturated rings. The topological polar surface area (TPSA) is 441 Å². The highest BCUT2D eigenvalue weighted by Gasteiger charge is 2.54. The average Bonchev–Trinajstić information content (AvgIpc) is 2.50. The average molecular weight is 771 g/mol. The summed E-state index contributed by atoms with van der Waals surface area (Å²) in [5.41, 5.74) is 0. The standard InChI is InChI=1S/C7H18N2O24S8/c10-34(11,12)4(35(13,14)15)8(5(36(16,17)18)37(19,20)21)2-1-3-9(6(38(22,23)24)39(25,26)27)7(40(28,29)30)41(31,32)33/h4-7H,1-3H2,(H,10,11,12)(H,13,14,15)(H,16,17,18)(H,19,20,21)(H,22,23,24)(H,25,26,27)(H,28,29,30)(H,31,32,33). The minimum absolute atomic E-state index is 1.22. The van der Waals surface area contributed by atoms with Crippen LogP contribution in [-0.2, 0) is 80.9 Å². The van der Waals surface area contributed by atoms with Crippen LogP contribution in [0.4, 0.5) is 0 Å². The molecule has 0 aromatic carbocycles. The Morgan fingerprint density at radius 3 is 0.537 bits per heavy atom. The molecule has 0 saturated heterocycles. The second-order valence-corrected chi connectivity index (χ2v) is 20.2. The van der Waals surface area contributed by atoms with Gasteiger partial charge in [-0.25, -0.2) is 9.80 Å². The lowest BCUT2D eigenvalue weighted by Crippen LogP contribution is -2.58. The SMILES string of the molecule is O=S(=O)(O)C(N(CCCN(C(S(=O)(=O)O)S(=O)(=O)O)C(S(=O)(=O)O)S(=O)(=O)O)C(S(=O)(=O)O)S(=O)(=O)O)S(=O)(=O)O. The van der Waals surface area contributed by atoms with Crippen LogP contribution in [0, 0.1) is 0 Å². The number of hydrogen-bond acceptors (Lipinski definition) is 18. The summed E-state index contributed by atoms with van der Waals surface area (Å²) < 4.78 is 242. The minimum atomic E-state index is -6.48. The molecular weight excluding hydrogens is 753 g/mol. The zero-order chi connectivity index (χ0) is 33.6. The smallest absolute Gasteiger partial charge is 0.283 e. The molecule has 0 aromatic rings. The van der Waals surface area contributed by atoms with Crippen LogP contribution in [0.15, 0.2) is 0 Å². The maximum atomic E-state index is 11.6. The molecule has 0 unspecified atom stereocenters. The Balaban J connectivity index is 7.54. The van der Waals surface area contributed by atoms with Crippen LogP contribution in [0.1, 0.15) is 6.42 Å². The van der Waals surface area contributed by atoms with Crippen LogP contribution in [0.5, 0.6) is 0 Å². The summed E-state index contributed by atoms with van der Waals surface area (Å²) in [5, 5.41) is 0. The summed E-state index contributed by atoms with van der Waals surface area (Å²) in [6.07, 6.45) is -1.83. The Kier molecular flexibility index (Phi) is 12.1. The Bertz CT molecular complexity index is 1470. The molecule has 41 heavy (non-hydrogen) atoms. The molecule has 0 saturated carbocycles. The first-order valence-electron chi connectivity index (χ1n) is 8.68. The second kappa shape index (κ2) is 12.3. The van der Waals surface area contributed by atoms with E-state index in [9.17, 15) is 67.3 Å². The van der Waals surface area contributed by atoms with E-state index in [2.05, 4.69) is 0 Å². The van der Waals surface area contributed by atoms with E-state index in [1.54, 1.807) is 0 Å². The van der Waals surface area contributed by atoms with Crippen molar-refractivity contribution >= 4 is 80.9 Å². The molecule has 8 N–H and O–H groups in total. The highest BCUT2D eigenvalue weighted by atomic mass is 32.3. The molecule has 0 heterocycles. The van der Waals surface area contributed by atoms with E-state index >= 15 is 0 Å². The van der Waals surface area contributed by atoms with E-state index in [0.29, 0.717) is 0 Å². The van der Waals surface area contributed by atoms with Crippen molar-refractivity contribution in [3.8, 4) is 0 Å². The zero-order valence-electron chi connectivity index (χ0n) is 18.7. The van der Waals surface area contributed by atoms with Gasteiger partial charge in [-0.05, 0) is 6.42 Å². The fraction of sp³-hybridized carbons (Fsp3) is 1.00. The monoisotopic (exact) mass is 770 g/mol. The number of nitrogens with zero attached hydrogens (tertiary/aromatic N) is 2. The summed E-state index contributed by atoms with van der Waals surface area (Å²) >= 11 is 0. The van der Waals surface area contributed by atoms with Gasteiger partial charge in [0.05, 0.1) is 0 Å². The number of rotatable bonds is 16. The highest BCUT2D eigenvalue weighted by molar-refractivity contribution is 8.06. The lowest BCUT2D eigenvalue weighted by molar-refractivity contribution is 0.224. The molecule has 0 aliphatic carbocycles. The third-order valence-electron chi connectivity index (χ3n) is 3.95. The molecule has 0 aliphatic heterocycles. The Hall–Kier alpha value is -0.800. The molecular formula is C7H18N2O24S8. The molecule has 0 radical (unpaired) electrons. The Morgan fingerprint density at radius 1 is 0.317 bits per heavy atom. The van der Waals surface area contributed by atoms with Gasteiger partial charge in [-0.1, -0.05) is 0 Å². The van der Waals surface area contributed by atoms with E-state index in [1.165, 1.54) is 0 Å². The Morgan fingerprint density at radius 2 is 0.439 bits per heavy atom. The predicted octanol–water partition coefficient (Wildman–Crippen LogP) is -5.78. The molecule has 26 nitrogen and oxygen atoms in total. The van der Waals surface area contributed by atoms with Crippen molar-refractivity contribution in [2.75, 3.05) is 13.1 Å². The summed E-state index contributed by atoms with van der Waals surface area (Å²) in [7, 11) is -51.9. The normalized spacial score (nSPS) is 15.6. The zero-order valence-corrected chi connectivity index (χ0v) is 25.2. The fourth-order valence-electron chi connectivity index (χ4n) is 3.04. The van der Waals surface area contributed by atoms with Crippen molar-refractivity contribution in [2.24, 2.45) is 0 Å². The maximum absolute atomic E-state index is 11.6. The van der Waals surface area contributed by atoms with Gasteiger partial charge in [-0.2, -0.15) is 67.3 Å². The van der Waals surface area contributed by atoms with Gasteiger partial charge in [-0.15, -0.1) is 0 Å². The van der Waals surface area contributed by atoms with E-state index in [0.717, 1.165) is 0 Å². The van der Waals surface area contributed by atoms with Crippen molar-refractivity contribution < 1.29 is 104 Å². The molecule has 0 atom stereocenters.